The summed E-state index contributed by atoms with van der Waals surface area (Å²) in [6.45, 7) is 1.84. The summed E-state index contributed by atoms with van der Waals surface area (Å²) >= 11 is 0. The SMILES string of the molecule is CCCC(O)OC(=O)CCC(=O)O.O=C(O)CCCC(=O)O.O=C(O)CCCCC(=O)O. The van der Waals surface area contributed by atoms with Crippen molar-refractivity contribution >= 4 is 35.8 Å². The molecule has 13 nitrogen and oxygen atoms in total. The number of carboxylic acid groups (broad SMARTS) is 5. The molecule has 0 amide bonds. The Morgan fingerprint density at radius 3 is 1.25 bits per heavy atom. The molecular formula is C19H32O13. The van der Waals surface area contributed by atoms with E-state index >= 15 is 0 Å². The predicted octanol–water partition coefficient (Wildman–Crippen LogP) is 1.55. The molecule has 0 saturated heterocycles. The molecule has 186 valence electrons. The number of unbranched alkanes of at least 4 members (excludes halogenated alkanes) is 1. The average molecular weight is 468 g/mol. The van der Waals surface area contributed by atoms with Gasteiger partial charge in [0.25, 0.3) is 0 Å². The van der Waals surface area contributed by atoms with E-state index in [-0.39, 0.29) is 44.9 Å². The summed E-state index contributed by atoms with van der Waals surface area (Å²) in [6.07, 6.45) is 0.610. The predicted molar refractivity (Wildman–Crippen MR) is 107 cm³/mol. The largest absolute Gasteiger partial charge is 0.481 e. The summed E-state index contributed by atoms with van der Waals surface area (Å²) in [6, 6.07) is 0. The number of aliphatic hydroxyl groups excluding tert-OH is 1. The molecule has 32 heavy (non-hydrogen) atoms. The van der Waals surface area contributed by atoms with Crippen LogP contribution in [0.5, 0.6) is 0 Å². The Labute approximate surface area is 184 Å². The Balaban J connectivity index is -0.000000403. The highest BCUT2D eigenvalue weighted by Gasteiger charge is 2.11. The van der Waals surface area contributed by atoms with Crippen molar-refractivity contribution in [3.8, 4) is 0 Å². The summed E-state index contributed by atoms with van der Waals surface area (Å²) in [5.41, 5.74) is 0. The van der Waals surface area contributed by atoms with Gasteiger partial charge in [-0.2, -0.15) is 0 Å². The minimum atomic E-state index is -1.11. The zero-order chi connectivity index (χ0) is 25.5. The van der Waals surface area contributed by atoms with Crippen LogP contribution >= 0.6 is 0 Å². The number of hydrogen-bond donors (Lipinski definition) is 6. The molecule has 0 saturated carbocycles. The van der Waals surface area contributed by atoms with E-state index in [0.717, 1.165) is 0 Å². The summed E-state index contributed by atoms with van der Waals surface area (Å²) in [5, 5.41) is 49.6. The molecule has 0 aliphatic rings. The van der Waals surface area contributed by atoms with Crippen molar-refractivity contribution in [2.45, 2.75) is 83.8 Å². The lowest BCUT2D eigenvalue weighted by Gasteiger charge is -2.09. The van der Waals surface area contributed by atoms with E-state index in [1.54, 1.807) is 0 Å². The van der Waals surface area contributed by atoms with Gasteiger partial charge in [0.2, 0.25) is 6.29 Å². The monoisotopic (exact) mass is 468 g/mol. The van der Waals surface area contributed by atoms with Crippen molar-refractivity contribution in [3.63, 3.8) is 0 Å². The molecule has 6 N–H and O–H groups in total. The van der Waals surface area contributed by atoms with E-state index in [9.17, 15) is 28.8 Å². The Bertz CT molecular complexity index is 556. The van der Waals surface area contributed by atoms with Crippen molar-refractivity contribution in [1.82, 2.24) is 0 Å². The van der Waals surface area contributed by atoms with Crippen LogP contribution in [-0.2, 0) is 33.5 Å². The Kier molecular flexibility index (Phi) is 23.5. The highest BCUT2D eigenvalue weighted by atomic mass is 16.6. The molecule has 0 aliphatic carbocycles. The van der Waals surface area contributed by atoms with Crippen LogP contribution in [0.15, 0.2) is 0 Å². The lowest BCUT2D eigenvalue weighted by molar-refractivity contribution is -0.170. The summed E-state index contributed by atoms with van der Waals surface area (Å²) in [4.78, 5) is 60.2. The lowest BCUT2D eigenvalue weighted by atomic mass is 10.2. The number of aliphatic hydroxyl groups is 1. The van der Waals surface area contributed by atoms with Gasteiger partial charge in [0.1, 0.15) is 0 Å². The molecule has 0 aromatic heterocycles. The fourth-order valence-corrected chi connectivity index (χ4v) is 1.67. The van der Waals surface area contributed by atoms with Crippen LogP contribution in [0.3, 0.4) is 0 Å². The fourth-order valence-electron chi connectivity index (χ4n) is 1.67. The number of carbonyl (C=O) groups is 6. The van der Waals surface area contributed by atoms with Crippen molar-refractivity contribution in [3.05, 3.63) is 0 Å². The fraction of sp³-hybridized carbons (Fsp3) is 0.684. The van der Waals surface area contributed by atoms with Gasteiger partial charge in [-0.15, -0.1) is 0 Å². The second kappa shape index (κ2) is 22.5. The number of rotatable bonds is 15. The standard InChI is InChI=1S/C8H14O5.C6H10O4.C5H8O4/c1-2-3-7(11)13-8(12)5-4-6(9)10;7-5(8)3-1-2-4-6(9)10;6-4(7)2-1-3-5(8)9/h7,11H,2-5H2,1H3,(H,9,10);1-4H2,(H,7,8)(H,9,10);1-3H2,(H,6,7)(H,8,9). The number of carbonyl (C=O) groups excluding carboxylic acids is 1. The molecular weight excluding hydrogens is 436 g/mol. The molecule has 0 rings (SSSR count). The lowest BCUT2D eigenvalue weighted by Crippen LogP contribution is -2.17. The van der Waals surface area contributed by atoms with Gasteiger partial charge in [-0.05, 0) is 19.3 Å². The normalized spacial score (nSPS) is 10.3. The maximum absolute atomic E-state index is 10.8. The van der Waals surface area contributed by atoms with E-state index in [4.69, 9.17) is 30.6 Å². The third-order valence-corrected chi connectivity index (χ3v) is 3.16. The molecule has 0 aromatic carbocycles. The highest BCUT2D eigenvalue weighted by molar-refractivity contribution is 5.76. The summed E-state index contributed by atoms with van der Waals surface area (Å²) in [7, 11) is 0. The first-order valence-electron chi connectivity index (χ1n) is 9.78. The van der Waals surface area contributed by atoms with Gasteiger partial charge >= 0.3 is 35.8 Å². The zero-order valence-electron chi connectivity index (χ0n) is 17.9. The Morgan fingerprint density at radius 2 is 0.938 bits per heavy atom. The Hall–Kier alpha value is -3.22. The van der Waals surface area contributed by atoms with Gasteiger partial charge in [-0.25, -0.2) is 0 Å². The van der Waals surface area contributed by atoms with Gasteiger partial charge < -0.3 is 35.4 Å². The number of aliphatic carboxylic acids is 5. The third-order valence-electron chi connectivity index (χ3n) is 3.16. The third kappa shape index (κ3) is 37.5. The van der Waals surface area contributed by atoms with E-state index in [1.165, 1.54) is 0 Å². The van der Waals surface area contributed by atoms with Crippen LogP contribution in [0.25, 0.3) is 0 Å². The minimum absolute atomic E-state index is 0.0628. The van der Waals surface area contributed by atoms with Crippen LogP contribution < -0.4 is 0 Å². The number of carboxylic acids is 5. The number of esters is 1. The highest BCUT2D eigenvalue weighted by Crippen LogP contribution is 2.01. The topological polar surface area (TPSA) is 233 Å². The number of hydrogen-bond acceptors (Lipinski definition) is 8. The van der Waals surface area contributed by atoms with Gasteiger partial charge in [-0.1, -0.05) is 13.3 Å². The summed E-state index contributed by atoms with van der Waals surface area (Å²) < 4.78 is 4.49. The second-order valence-corrected chi connectivity index (χ2v) is 6.26. The maximum atomic E-state index is 10.8. The first kappa shape index (κ1) is 33.4. The zero-order valence-corrected chi connectivity index (χ0v) is 17.9. The second-order valence-electron chi connectivity index (χ2n) is 6.26. The summed E-state index contributed by atoms with van der Waals surface area (Å²) in [5.74, 6) is -5.37. The van der Waals surface area contributed by atoms with Crippen LogP contribution in [0.2, 0.25) is 0 Å². The van der Waals surface area contributed by atoms with Gasteiger partial charge in [-0.3, -0.25) is 28.8 Å². The molecule has 0 fully saturated rings. The van der Waals surface area contributed by atoms with Crippen LogP contribution in [0.4, 0.5) is 0 Å². The average Bonchev–Trinajstić information content (AvgIpc) is 2.64. The van der Waals surface area contributed by atoms with Gasteiger partial charge in [0, 0.05) is 32.1 Å². The van der Waals surface area contributed by atoms with E-state index < -0.39 is 42.1 Å². The van der Waals surface area contributed by atoms with Crippen molar-refractivity contribution in [2.75, 3.05) is 0 Å². The first-order chi connectivity index (χ1) is 14.8. The van der Waals surface area contributed by atoms with Crippen molar-refractivity contribution in [2.24, 2.45) is 0 Å². The molecule has 0 radical (unpaired) electrons. The molecule has 0 bridgehead atoms. The molecule has 13 heteroatoms. The molecule has 0 spiro atoms. The molecule has 0 aliphatic heterocycles. The first-order valence-corrected chi connectivity index (χ1v) is 9.78. The Morgan fingerprint density at radius 1 is 0.594 bits per heavy atom. The van der Waals surface area contributed by atoms with Gasteiger partial charge in [0.15, 0.2) is 0 Å². The minimum Gasteiger partial charge on any atom is -0.481 e. The number of ether oxygens (including phenoxy) is 1. The van der Waals surface area contributed by atoms with Crippen molar-refractivity contribution in [1.29, 1.82) is 0 Å². The smallest absolute Gasteiger partial charge is 0.308 e. The van der Waals surface area contributed by atoms with E-state index in [2.05, 4.69) is 4.74 Å². The van der Waals surface area contributed by atoms with Gasteiger partial charge in [0.05, 0.1) is 12.8 Å². The van der Waals surface area contributed by atoms with Crippen molar-refractivity contribution < 1.29 is 64.1 Å². The van der Waals surface area contributed by atoms with E-state index in [1.807, 2.05) is 6.92 Å². The molecule has 1 unspecified atom stereocenters. The van der Waals surface area contributed by atoms with Crippen LogP contribution in [0.1, 0.15) is 77.6 Å². The molecule has 0 aromatic rings. The molecule has 1 atom stereocenters. The van der Waals surface area contributed by atoms with E-state index in [0.29, 0.717) is 25.7 Å². The molecule has 0 heterocycles. The van der Waals surface area contributed by atoms with Crippen LogP contribution in [-0.4, -0.2) is 72.7 Å². The van der Waals surface area contributed by atoms with Crippen LogP contribution in [0, 0.1) is 0 Å². The quantitative estimate of drug-likeness (QED) is 0.114. The maximum Gasteiger partial charge on any atom is 0.308 e.